The number of hydrogen-bond acceptors (Lipinski definition) is 3. The molecule has 2 aromatic heterocycles. The molecule has 16 heavy (non-hydrogen) atoms. The van der Waals surface area contributed by atoms with E-state index in [0.29, 0.717) is 0 Å². The van der Waals surface area contributed by atoms with Crippen LogP contribution in [0.1, 0.15) is 13.8 Å². The smallest absolute Gasteiger partial charge is 0.126 e. The molecule has 0 aliphatic rings. The van der Waals surface area contributed by atoms with E-state index < -0.39 is 0 Å². The first-order valence-electron chi connectivity index (χ1n) is 5.58. The number of aryl methyl sites for hydroxylation is 1. The zero-order valence-electron chi connectivity index (χ0n) is 9.64. The maximum Gasteiger partial charge on any atom is 0.126 e. The first kappa shape index (κ1) is 10.7. The van der Waals surface area contributed by atoms with Gasteiger partial charge in [-0.3, -0.25) is 4.68 Å². The molecule has 1 N–H and O–H groups in total. The Morgan fingerprint density at radius 1 is 1.25 bits per heavy atom. The van der Waals surface area contributed by atoms with E-state index in [1.165, 1.54) is 0 Å². The second-order valence-corrected chi connectivity index (χ2v) is 3.47. The van der Waals surface area contributed by atoms with E-state index in [9.17, 15) is 0 Å². The Kier molecular flexibility index (Phi) is 3.19. The molecule has 0 fully saturated rings. The van der Waals surface area contributed by atoms with Crippen LogP contribution in [0, 0.1) is 0 Å². The highest BCUT2D eigenvalue weighted by Crippen LogP contribution is 2.18. The van der Waals surface area contributed by atoms with Crippen LogP contribution in [-0.2, 0) is 6.54 Å². The van der Waals surface area contributed by atoms with E-state index >= 15 is 0 Å². The van der Waals surface area contributed by atoms with Gasteiger partial charge in [-0.25, -0.2) is 4.98 Å². The minimum atomic E-state index is 0.857. The minimum Gasteiger partial charge on any atom is -0.370 e. The molecule has 0 bridgehead atoms. The summed E-state index contributed by atoms with van der Waals surface area (Å²) in [5.74, 6) is 0.906. The molecule has 0 amide bonds. The van der Waals surface area contributed by atoms with Crippen molar-refractivity contribution in [2.75, 3.05) is 11.9 Å². The van der Waals surface area contributed by atoms with Crippen molar-refractivity contribution in [3.63, 3.8) is 0 Å². The molecule has 2 heterocycles. The summed E-state index contributed by atoms with van der Waals surface area (Å²) in [5, 5.41) is 7.45. The van der Waals surface area contributed by atoms with Gasteiger partial charge in [-0.05, 0) is 32.0 Å². The van der Waals surface area contributed by atoms with Gasteiger partial charge < -0.3 is 5.32 Å². The highest BCUT2D eigenvalue weighted by atomic mass is 15.3. The maximum atomic E-state index is 4.54. The number of hydrogen-bond donors (Lipinski definition) is 1. The molecule has 0 aromatic carbocycles. The average molecular weight is 216 g/mol. The van der Waals surface area contributed by atoms with Crippen LogP contribution in [0.2, 0.25) is 0 Å². The van der Waals surface area contributed by atoms with Gasteiger partial charge in [0.15, 0.2) is 0 Å². The number of aromatic nitrogens is 3. The Balaban J connectivity index is 2.36. The first-order valence-corrected chi connectivity index (χ1v) is 5.58. The van der Waals surface area contributed by atoms with Gasteiger partial charge in [-0.2, -0.15) is 5.10 Å². The molecule has 0 atom stereocenters. The van der Waals surface area contributed by atoms with Crippen LogP contribution in [0.15, 0.2) is 30.5 Å². The van der Waals surface area contributed by atoms with Gasteiger partial charge in [-0.1, -0.05) is 6.07 Å². The van der Waals surface area contributed by atoms with Crippen molar-refractivity contribution in [3.8, 4) is 11.4 Å². The molecule has 2 rings (SSSR count). The van der Waals surface area contributed by atoms with Crippen LogP contribution in [0.25, 0.3) is 11.4 Å². The lowest BCUT2D eigenvalue weighted by atomic mass is 10.2. The molecule has 2 aromatic rings. The molecule has 4 heteroatoms. The zero-order valence-corrected chi connectivity index (χ0v) is 9.64. The van der Waals surface area contributed by atoms with Crippen LogP contribution in [0.5, 0.6) is 0 Å². The molecule has 4 nitrogen and oxygen atoms in total. The van der Waals surface area contributed by atoms with E-state index in [1.54, 1.807) is 6.20 Å². The Labute approximate surface area is 95.3 Å². The zero-order chi connectivity index (χ0) is 11.4. The minimum absolute atomic E-state index is 0.857. The summed E-state index contributed by atoms with van der Waals surface area (Å²) in [6.07, 6.45) is 1.81. The molecular weight excluding hydrogens is 200 g/mol. The SMILES string of the molecule is CCNc1cccc(-c2ccnn2CC)n1. The molecule has 0 radical (unpaired) electrons. The van der Waals surface area contributed by atoms with E-state index in [0.717, 1.165) is 30.3 Å². The molecule has 84 valence electrons. The molecule has 0 spiro atoms. The van der Waals surface area contributed by atoms with Gasteiger partial charge in [0.1, 0.15) is 5.82 Å². The number of rotatable bonds is 4. The summed E-state index contributed by atoms with van der Waals surface area (Å²) >= 11 is 0. The van der Waals surface area contributed by atoms with Crippen molar-refractivity contribution >= 4 is 5.82 Å². The van der Waals surface area contributed by atoms with Gasteiger partial charge in [0.2, 0.25) is 0 Å². The number of pyridine rings is 1. The standard InChI is InChI=1S/C12H16N4/c1-3-13-12-7-5-6-10(15-12)11-8-9-14-16(11)4-2/h5-9H,3-4H2,1-2H3,(H,13,15). The summed E-state index contributed by atoms with van der Waals surface area (Å²) in [7, 11) is 0. The van der Waals surface area contributed by atoms with Crippen molar-refractivity contribution in [2.45, 2.75) is 20.4 Å². The van der Waals surface area contributed by atoms with Crippen LogP contribution in [0.4, 0.5) is 5.82 Å². The maximum absolute atomic E-state index is 4.54. The van der Waals surface area contributed by atoms with Crippen molar-refractivity contribution in [1.29, 1.82) is 0 Å². The average Bonchev–Trinajstić information content (AvgIpc) is 2.78. The normalized spacial score (nSPS) is 10.4. The van der Waals surface area contributed by atoms with Crippen LogP contribution >= 0.6 is 0 Å². The van der Waals surface area contributed by atoms with Gasteiger partial charge in [0.25, 0.3) is 0 Å². The lowest BCUT2D eigenvalue weighted by molar-refractivity contribution is 0.666. The topological polar surface area (TPSA) is 42.7 Å². The fourth-order valence-corrected chi connectivity index (χ4v) is 1.66. The van der Waals surface area contributed by atoms with E-state index in [2.05, 4.69) is 29.2 Å². The van der Waals surface area contributed by atoms with Gasteiger partial charge in [0, 0.05) is 19.3 Å². The second kappa shape index (κ2) is 4.79. The Hall–Kier alpha value is -1.84. The lowest BCUT2D eigenvalue weighted by Crippen LogP contribution is -2.02. The molecule has 0 aliphatic heterocycles. The van der Waals surface area contributed by atoms with Crippen LogP contribution in [-0.4, -0.2) is 21.3 Å². The Morgan fingerprint density at radius 2 is 2.12 bits per heavy atom. The molecular formula is C12H16N4. The fourth-order valence-electron chi connectivity index (χ4n) is 1.66. The summed E-state index contributed by atoms with van der Waals surface area (Å²) in [6, 6.07) is 7.97. The molecule has 0 saturated carbocycles. The van der Waals surface area contributed by atoms with Crippen molar-refractivity contribution in [1.82, 2.24) is 14.8 Å². The van der Waals surface area contributed by atoms with Crippen molar-refractivity contribution in [3.05, 3.63) is 30.5 Å². The summed E-state index contributed by atoms with van der Waals surface area (Å²) in [5.41, 5.74) is 2.01. The van der Waals surface area contributed by atoms with Crippen molar-refractivity contribution in [2.24, 2.45) is 0 Å². The van der Waals surface area contributed by atoms with E-state index in [1.807, 2.05) is 28.9 Å². The summed E-state index contributed by atoms with van der Waals surface area (Å²) in [6.45, 7) is 5.87. The predicted molar refractivity (Wildman–Crippen MR) is 65.3 cm³/mol. The highest BCUT2D eigenvalue weighted by molar-refractivity contribution is 5.57. The van der Waals surface area contributed by atoms with Crippen molar-refractivity contribution < 1.29 is 0 Å². The third-order valence-corrected chi connectivity index (χ3v) is 2.39. The predicted octanol–water partition coefficient (Wildman–Crippen LogP) is 2.40. The van der Waals surface area contributed by atoms with Crippen LogP contribution < -0.4 is 5.32 Å². The van der Waals surface area contributed by atoms with Gasteiger partial charge in [-0.15, -0.1) is 0 Å². The monoisotopic (exact) mass is 216 g/mol. The van der Waals surface area contributed by atoms with Gasteiger partial charge in [0.05, 0.1) is 11.4 Å². The molecule has 0 saturated heterocycles. The lowest BCUT2D eigenvalue weighted by Gasteiger charge is -2.06. The van der Waals surface area contributed by atoms with E-state index in [4.69, 9.17) is 0 Å². The number of nitrogens with one attached hydrogen (secondary N) is 1. The Bertz CT molecular complexity index is 462. The number of nitrogens with zero attached hydrogens (tertiary/aromatic N) is 3. The Morgan fingerprint density at radius 3 is 2.88 bits per heavy atom. The third-order valence-electron chi connectivity index (χ3n) is 2.39. The molecule has 0 aliphatic carbocycles. The van der Waals surface area contributed by atoms with Gasteiger partial charge >= 0.3 is 0 Å². The quantitative estimate of drug-likeness (QED) is 0.853. The van der Waals surface area contributed by atoms with Crippen LogP contribution in [0.3, 0.4) is 0 Å². The van der Waals surface area contributed by atoms with E-state index in [-0.39, 0.29) is 0 Å². The number of anilines is 1. The highest BCUT2D eigenvalue weighted by Gasteiger charge is 2.05. The largest absolute Gasteiger partial charge is 0.370 e. The summed E-state index contributed by atoms with van der Waals surface area (Å²) in [4.78, 5) is 4.54. The molecule has 0 unspecified atom stereocenters. The summed E-state index contributed by atoms with van der Waals surface area (Å²) < 4.78 is 1.94. The second-order valence-electron chi connectivity index (χ2n) is 3.47. The third kappa shape index (κ3) is 2.05. The first-order chi connectivity index (χ1) is 7.85. The fraction of sp³-hybridized carbons (Fsp3) is 0.333.